The number of alkyl halides is 1. The van der Waals surface area contributed by atoms with E-state index in [1.807, 2.05) is 0 Å². The maximum atomic E-state index is 15.0. The first-order valence-corrected chi connectivity index (χ1v) is 9.78. The number of ether oxygens (including phenoxy) is 1. The van der Waals surface area contributed by atoms with Crippen LogP contribution in [0, 0.1) is 18.8 Å². The number of nitrogens with zero attached hydrogens (tertiary/aromatic N) is 1. The number of carbonyl (C=O) groups is 1. The summed E-state index contributed by atoms with van der Waals surface area (Å²) in [6.45, 7) is 7.26. The van der Waals surface area contributed by atoms with Crippen LogP contribution in [0.4, 0.5) is 4.39 Å². The zero-order chi connectivity index (χ0) is 22.5. The van der Waals surface area contributed by atoms with Crippen LogP contribution in [0.25, 0.3) is 16.5 Å². The van der Waals surface area contributed by atoms with Crippen molar-refractivity contribution in [1.82, 2.24) is 9.55 Å². The maximum Gasteiger partial charge on any atom is 0.340 e. The van der Waals surface area contributed by atoms with Crippen molar-refractivity contribution in [2.75, 3.05) is 6.61 Å². The van der Waals surface area contributed by atoms with Gasteiger partial charge in [0.05, 0.1) is 17.7 Å². The molecular formula is C24H21FN2O4. The molecule has 4 rings (SSSR count). The SMILES string of the molecule is C=C1c2ccccc2C(O)(C#Cc2cn(C)c(=O)c3[nH]c(C)c(C(=O)OCC)c23)C1F. The zero-order valence-electron chi connectivity index (χ0n) is 17.4. The molecule has 0 amide bonds. The van der Waals surface area contributed by atoms with E-state index in [2.05, 4.69) is 23.4 Å². The second-order valence-electron chi connectivity index (χ2n) is 7.50. The summed E-state index contributed by atoms with van der Waals surface area (Å²) < 4.78 is 21.5. The number of hydrogen-bond donors (Lipinski definition) is 2. The Morgan fingerprint density at radius 3 is 2.84 bits per heavy atom. The van der Waals surface area contributed by atoms with Gasteiger partial charge in [-0.3, -0.25) is 4.79 Å². The normalized spacial score (nSPS) is 19.8. The molecule has 1 aromatic carbocycles. The Morgan fingerprint density at radius 2 is 2.13 bits per heavy atom. The smallest absolute Gasteiger partial charge is 0.340 e. The van der Waals surface area contributed by atoms with Crippen LogP contribution in [-0.2, 0) is 17.4 Å². The summed E-state index contributed by atoms with van der Waals surface area (Å²) in [5.74, 6) is 4.86. The largest absolute Gasteiger partial charge is 0.462 e. The van der Waals surface area contributed by atoms with Gasteiger partial charge in [0.1, 0.15) is 5.52 Å². The highest BCUT2D eigenvalue weighted by Gasteiger charge is 2.47. The number of carbonyl (C=O) groups excluding carboxylic acids is 1. The molecule has 3 aromatic rings. The van der Waals surface area contributed by atoms with Crippen molar-refractivity contribution < 1.29 is 19.0 Å². The lowest BCUT2D eigenvalue weighted by Gasteiger charge is -2.19. The van der Waals surface area contributed by atoms with E-state index < -0.39 is 17.7 Å². The Bertz CT molecular complexity index is 1370. The van der Waals surface area contributed by atoms with E-state index in [0.717, 1.165) is 0 Å². The molecular weight excluding hydrogens is 399 g/mol. The monoisotopic (exact) mass is 420 g/mol. The summed E-state index contributed by atoms with van der Waals surface area (Å²) in [4.78, 5) is 28.1. The zero-order valence-corrected chi connectivity index (χ0v) is 17.4. The van der Waals surface area contributed by atoms with Gasteiger partial charge >= 0.3 is 5.97 Å². The Kier molecular flexibility index (Phi) is 4.83. The summed E-state index contributed by atoms with van der Waals surface area (Å²) in [6.07, 6.45) is -0.349. The minimum Gasteiger partial charge on any atom is -0.462 e. The number of esters is 1. The van der Waals surface area contributed by atoms with Crippen molar-refractivity contribution in [3.63, 3.8) is 0 Å². The number of nitrogens with one attached hydrogen (secondary N) is 1. The summed E-state index contributed by atoms with van der Waals surface area (Å²) in [5.41, 5.74) is -0.303. The highest BCUT2D eigenvalue weighted by molar-refractivity contribution is 6.07. The van der Waals surface area contributed by atoms with E-state index >= 15 is 4.39 Å². The van der Waals surface area contributed by atoms with Crippen molar-refractivity contribution in [3.05, 3.63) is 75.3 Å². The summed E-state index contributed by atoms with van der Waals surface area (Å²) in [7, 11) is 1.55. The third kappa shape index (κ3) is 2.99. The van der Waals surface area contributed by atoms with Gasteiger partial charge < -0.3 is 19.4 Å². The van der Waals surface area contributed by atoms with Crippen LogP contribution in [0.5, 0.6) is 0 Å². The molecule has 0 aliphatic heterocycles. The molecule has 158 valence electrons. The van der Waals surface area contributed by atoms with Gasteiger partial charge in [0.25, 0.3) is 5.56 Å². The van der Waals surface area contributed by atoms with Gasteiger partial charge in [-0.1, -0.05) is 42.7 Å². The maximum absolute atomic E-state index is 15.0. The molecule has 0 spiro atoms. The van der Waals surface area contributed by atoms with Crippen LogP contribution in [-0.4, -0.2) is 33.4 Å². The fourth-order valence-corrected chi connectivity index (χ4v) is 4.02. The second-order valence-corrected chi connectivity index (χ2v) is 7.50. The summed E-state index contributed by atoms with van der Waals surface area (Å²) in [6, 6.07) is 6.72. The van der Waals surface area contributed by atoms with E-state index in [9.17, 15) is 14.7 Å². The van der Waals surface area contributed by atoms with Gasteiger partial charge in [-0.05, 0) is 25.0 Å². The van der Waals surface area contributed by atoms with Crippen LogP contribution in [0.2, 0.25) is 0 Å². The first-order chi connectivity index (χ1) is 14.7. The van der Waals surface area contributed by atoms with Crippen LogP contribution < -0.4 is 5.56 Å². The number of H-pyrrole nitrogens is 1. The Labute approximate surface area is 178 Å². The minimum absolute atomic E-state index is 0.155. The standard InChI is InChI=1S/C24H21FN2O4/c1-5-31-23(29)18-14(3)26-20-19(18)15(12-27(4)22(20)28)10-11-24(30)17-9-7-6-8-16(17)13(2)21(24)25/h6-9,12,21,26,30H,2,5H2,1,3-4H3. The predicted octanol–water partition coefficient (Wildman–Crippen LogP) is 2.96. The number of rotatable bonds is 2. The minimum atomic E-state index is -2.09. The van der Waals surface area contributed by atoms with Crippen LogP contribution in [0.3, 0.4) is 0 Å². The molecule has 1 aliphatic rings. The predicted molar refractivity (Wildman–Crippen MR) is 115 cm³/mol. The molecule has 0 fully saturated rings. The van der Waals surface area contributed by atoms with E-state index in [1.54, 1.807) is 45.2 Å². The Balaban J connectivity index is 1.97. The molecule has 7 heteroatoms. The lowest BCUT2D eigenvalue weighted by atomic mass is 9.94. The van der Waals surface area contributed by atoms with Crippen LogP contribution in [0.15, 0.2) is 41.8 Å². The fourth-order valence-electron chi connectivity index (χ4n) is 4.02. The molecule has 2 N–H and O–H groups in total. The molecule has 0 bridgehead atoms. The molecule has 2 unspecified atom stereocenters. The van der Waals surface area contributed by atoms with E-state index in [1.165, 1.54) is 10.8 Å². The average molecular weight is 420 g/mol. The number of aryl methyl sites for hydroxylation is 2. The van der Waals surface area contributed by atoms with E-state index in [0.29, 0.717) is 22.4 Å². The Morgan fingerprint density at radius 1 is 1.42 bits per heavy atom. The fraction of sp³-hybridized carbons (Fsp3) is 0.250. The first kappa shape index (κ1) is 20.6. The number of hydrogen-bond acceptors (Lipinski definition) is 4. The van der Waals surface area contributed by atoms with E-state index in [-0.39, 0.29) is 34.2 Å². The average Bonchev–Trinajstić information content (AvgIpc) is 3.19. The molecule has 0 saturated carbocycles. The molecule has 2 heterocycles. The van der Waals surface area contributed by atoms with Crippen molar-refractivity contribution in [3.8, 4) is 11.8 Å². The number of aromatic nitrogens is 2. The third-order valence-electron chi connectivity index (χ3n) is 5.54. The van der Waals surface area contributed by atoms with Gasteiger partial charge in [-0.2, -0.15) is 0 Å². The molecule has 0 saturated heterocycles. The number of benzene rings is 1. The molecule has 0 radical (unpaired) electrons. The number of aliphatic hydroxyl groups is 1. The van der Waals surface area contributed by atoms with Crippen molar-refractivity contribution in [2.45, 2.75) is 25.6 Å². The number of pyridine rings is 1. The summed E-state index contributed by atoms with van der Waals surface area (Å²) in [5, 5.41) is 11.4. The van der Waals surface area contributed by atoms with Gasteiger partial charge in [-0.25, -0.2) is 9.18 Å². The molecule has 1 aliphatic carbocycles. The molecule has 2 aromatic heterocycles. The first-order valence-electron chi connectivity index (χ1n) is 9.78. The lowest BCUT2D eigenvalue weighted by molar-refractivity contribution is 0.0468. The third-order valence-corrected chi connectivity index (χ3v) is 5.54. The van der Waals surface area contributed by atoms with Gasteiger partial charge in [0.2, 0.25) is 0 Å². The van der Waals surface area contributed by atoms with Gasteiger partial charge in [0.15, 0.2) is 11.8 Å². The second kappa shape index (κ2) is 7.25. The van der Waals surface area contributed by atoms with E-state index in [4.69, 9.17) is 4.74 Å². The Hall–Kier alpha value is -3.63. The van der Waals surface area contributed by atoms with Crippen molar-refractivity contribution in [2.24, 2.45) is 7.05 Å². The molecule has 6 nitrogen and oxygen atoms in total. The molecule has 31 heavy (non-hydrogen) atoms. The quantitative estimate of drug-likeness (QED) is 0.493. The molecule has 2 atom stereocenters. The van der Waals surface area contributed by atoms with Crippen LogP contribution in [0.1, 0.15) is 39.7 Å². The number of fused-ring (bicyclic) bond motifs is 2. The van der Waals surface area contributed by atoms with Crippen molar-refractivity contribution in [1.29, 1.82) is 0 Å². The highest BCUT2D eigenvalue weighted by atomic mass is 19.1. The van der Waals surface area contributed by atoms with Gasteiger partial charge in [-0.15, -0.1) is 0 Å². The number of aromatic amines is 1. The topological polar surface area (TPSA) is 84.3 Å². The highest BCUT2D eigenvalue weighted by Crippen LogP contribution is 2.45. The van der Waals surface area contributed by atoms with Crippen molar-refractivity contribution >= 4 is 22.4 Å². The number of halogens is 1. The lowest BCUT2D eigenvalue weighted by Crippen LogP contribution is -2.30. The van der Waals surface area contributed by atoms with Crippen LogP contribution >= 0.6 is 0 Å². The summed E-state index contributed by atoms with van der Waals surface area (Å²) >= 11 is 0. The van der Waals surface area contributed by atoms with Gasteiger partial charge in [0, 0.05) is 29.9 Å².